The average Bonchev–Trinajstić information content (AvgIpc) is 2.73. The molecule has 0 atom stereocenters. The highest BCUT2D eigenvalue weighted by molar-refractivity contribution is 7.15. The zero-order valence-corrected chi connectivity index (χ0v) is 10.6. The quantitative estimate of drug-likeness (QED) is 0.843. The predicted octanol–water partition coefficient (Wildman–Crippen LogP) is 3.83. The first-order valence-corrected chi connectivity index (χ1v) is 6.48. The van der Waals surface area contributed by atoms with E-state index in [1.165, 1.54) is 20.9 Å². The lowest BCUT2D eigenvalue weighted by Gasteiger charge is -2.07. The second kappa shape index (κ2) is 5.28. The van der Waals surface area contributed by atoms with E-state index in [9.17, 15) is 0 Å². The van der Waals surface area contributed by atoms with Crippen LogP contribution in [0.1, 0.15) is 17.4 Å². The van der Waals surface area contributed by atoms with Gasteiger partial charge in [0.05, 0.1) is 0 Å². The molecule has 0 fully saturated rings. The summed E-state index contributed by atoms with van der Waals surface area (Å²) in [5.74, 6) is 0. The first kappa shape index (κ1) is 11.4. The van der Waals surface area contributed by atoms with Crippen LogP contribution in [0, 0.1) is 6.92 Å². The summed E-state index contributed by atoms with van der Waals surface area (Å²) < 4.78 is 0. The third-order valence-corrected chi connectivity index (χ3v) is 3.62. The number of thiophene rings is 1. The Bertz CT molecular complexity index is 459. The number of benzene rings is 1. The standard InChI is InChI=1S/C14H17NS/c1-3-15-10-12-6-4-5-7-13(12)14-9-8-11(2)16-14/h4-9,15H,3,10H2,1-2H3. The van der Waals surface area contributed by atoms with Gasteiger partial charge in [-0.2, -0.15) is 0 Å². The minimum Gasteiger partial charge on any atom is -0.313 e. The van der Waals surface area contributed by atoms with Crippen LogP contribution in [0.15, 0.2) is 36.4 Å². The third kappa shape index (κ3) is 2.52. The minimum absolute atomic E-state index is 0.948. The molecule has 0 aliphatic heterocycles. The monoisotopic (exact) mass is 231 g/mol. The molecular weight excluding hydrogens is 214 g/mol. The fourth-order valence-electron chi connectivity index (χ4n) is 1.75. The summed E-state index contributed by atoms with van der Waals surface area (Å²) in [7, 11) is 0. The molecule has 1 aromatic heterocycles. The highest BCUT2D eigenvalue weighted by Gasteiger charge is 2.05. The number of rotatable bonds is 4. The van der Waals surface area contributed by atoms with Crippen molar-refractivity contribution >= 4 is 11.3 Å². The van der Waals surface area contributed by atoms with E-state index in [1.807, 2.05) is 11.3 Å². The third-order valence-electron chi connectivity index (χ3n) is 2.59. The molecule has 84 valence electrons. The van der Waals surface area contributed by atoms with Gasteiger partial charge in [0, 0.05) is 16.3 Å². The zero-order valence-electron chi connectivity index (χ0n) is 9.79. The van der Waals surface area contributed by atoms with Gasteiger partial charge in [-0.25, -0.2) is 0 Å². The molecule has 1 heterocycles. The van der Waals surface area contributed by atoms with E-state index in [1.54, 1.807) is 0 Å². The maximum Gasteiger partial charge on any atom is 0.0348 e. The van der Waals surface area contributed by atoms with Crippen LogP contribution in [-0.4, -0.2) is 6.54 Å². The Labute approximate surface area is 101 Å². The molecule has 0 bridgehead atoms. The molecule has 0 aliphatic rings. The largest absolute Gasteiger partial charge is 0.313 e. The van der Waals surface area contributed by atoms with Gasteiger partial charge in [0.25, 0.3) is 0 Å². The van der Waals surface area contributed by atoms with Crippen molar-refractivity contribution in [2.45, 2.75) is 20.4 Å². The molecule has 2 heteroatoms. The molecule has 1 nitrogen and oxygen atoms in total. The van der Waals surface area contributed by atoms with E-state index in [0.29, 0.717) is 0 Å². The molecule has 16 heavy (non-hydrogen) atoms. The second-order valence-electron chi connectivity index (χ2n) is 3.85. The SMILES string of the molecule is CCNCc1ccccc1-c1ccc(C)s1. The Hall–Kier alpha value is -1.12. The van der Waals surface area contributed by atoms with Crippen molar-refractivity contribution in [2.75, 3.05) is 6.54 Å². The fourth-order valence-corrected chi connectivity index (χ4v) is 2.68. The molecule has 0 aliphatic carbocycles. The summed E-state index contributed by atoms with van der Waals surface area (Å²) in [5, 5.41) is 3.39. The highest BCUT2D eigenvalue weighted by Crippen LogP contribution is 2.30. The minimum atomic E-state index is 0.948. The van der Waals surface area contributed by atoms with Crippen LogP contribution < -0.4 is 5.32 Å². The van der Waals surface area contributed by atoms with Crippen LogP contribution in [0.3, 0.4) is 0 Å². The normalized spacial score (nSPS) is 10.6. The zero-order chi connectivity index (χ0) is 11.4. The molecule has 0 spiro atoms. The molecule has 0 unspecified atom stereocenters. The Morgan fingerprint density at radius 3 is 2.62 bits per heavy atom. The van der Waals surface area contributed by atoms with Crippen LogP contribution in [-0.2, 0) is 6.54 Å². The van der Waals surface area contributed by atoms with E-state index in [4.69, 9.17) is 0 Å². The van der Waals surface area contributed by atoms with E-state index in [2.05, 4.69) is 55.6 Å². The molecule has 2 rings (SSSR count). The Kier molecular flexibility index (Phi) is 3.75. The molecule has 0 saturated heterocycles. The van der Waals surface area contributed by atoms with Gasteiger partial charge in [-0.05, 0) is 36.7 Å². The lowest BCUT2D eigenvalue weighted by atomic mass is 10.1. The van der Waals surface area contributed by atoms with Crippen molar-refractivity contribution in [2.24, 2.45) is 0 Å². The maximum absolute atomic E-state index is 3.39. The Morgan fingerprint density at radius 1 is 1.12 bits per heavy atom. The molecule has 2 aromatic rings. The van der Waals surface area contributed by atoms with Gasteiger partial charge in [0.1, 0.15) is 0 Å². The highest BCUT2D eigenvalue weighted by atomic mass is 32.1. The molecule has 0 amide bonds. The molecule has 0 saturated carbocycles. The smallest absolute Gasteiger partial charge is 0.0348 e. The lowest BCUT2D eigenvalue weighted by Crippen LogP contribution is -2.12. The molecule has 1 N–H and O–H groups in total. The van der Waals surface area contributed by atoms with Crippen molar-refractivity contribution in [3.05, 3.63) is 46.8 Å². The van der Waals surface area contributed by atoms with Crippen LogP contribution in [0.2, 0.25) is 0 Å². The van der Waals surface area contributed by atoms with Gasteiger partial charge >= 0.3 is 0 Å². The van der Waals surface area contributed by atoms with Gasteiger partial charge in [-0.1, -0.05) is 31.2 Å². The average molecular weight is 231 g/mol. The van der Waals surface area contributed by atoms with E-state index in [-0.39, 0.29) is 0 Å². The molecule has 0 radical (unpaired) electrons. The van der Waals surface area contributed by atoms with Crippen molar-refractivity contribution in [3.8, 4) is 10.4 Å². The first-order chi connectivity index (χ1) is 7.81. The molecular formula is C14H17NS. The summed E-state index contributed by atoms with van der Waals surface area (Å²) >= 11 is 1.86. The summed E-state index contributed by atoms with van der Waals surface area (Å²) in [5.41, 5.74) is 2.74. The summed E-state index contributed by atoms with van der Waals surface area (Å²) in [4.78, 5) is 2.74. The van der Waals surface area contributed by atoms with Crippen molar-refractivity contribution in [3.63, 3.8) is 0 Å². The number of hydrogen-bond acceptors (Lipinski definition) is 2. The number of nitrogens with one attached hydrogen (secondary N) is 1. The summed E-state index contributed by atoms with van der Waals surface area (Å²) in [6, 6.07) is 13.0. The van der Waals surface area contributed by atoms with Gasteiger partial charge in [0.2, 0.25) is 0 Å². The van der Waals surface area contributed by atoms with E-state index >= 15 is 0 Å². The van der Waals surface area contributed by atoms with Crippen LogP contribution in [0.25, 0.3) is 10.4 Å². The van der Waals surface area contributed by atoms with Crippen LogP contribution >= 0.6 is 11.3 Å². The topological polar surface area (TPSA) is 12.0 Å². The lowest BCUT2D eigenvalue weighted by molar-refractivity contribution is 0.728. The Morgan fingerprint density at radius 2 is 1.94 bits per heavy atom. The molecule has 1 aromatic carbocycles. The van der Waals surface area contributed by atoms with Gasteiger partial charge < -0.3 is 5.32 Å². The van der Waals surface area contributed by atoms with Crippen LogP contribution in [0.4, 0.5) is 0 Å². The van der Waals surface area contributed by atoms with Gasteiger partial charge in [-0.15, -0.1) is 11.3 Å². The second-order valence-corrected chi connectivity index (χ2v) is 5.14. The number of hydrogen-bond donors (Lipinski definition) is 1. The number of aryl methyl sites for hydroxylation is 1. The van der Waals surface area contributed by atoms with Crippen LogP contribution in [0.5, 0.6) is 0 Å². The van der Waals surface area contributed by atoms with Crippen molar-refractivity contribution in [1.82, 2.24) is 5.32 Å². The fraction of sp³-hybridized carbons (Fsp3) is 0.286. The van der Waals surface area contributed by atoms with Gasteiger partial charge in [-0.3, -0.25) is 0 Å². The summed E-state index contributed by atoms with van der Waals surface area (Å²) in [6.45, 7) is 6.25. The Balaban J connectivity index is 2.32. The van der Waals surface area contributed by atoms with E-state index in [0.717, 1.165) is 13.1 Å². The van der Waals surface area contributed by atoms with Gasteiger partial charge in [0.15, 0.2) is 0 Å². The first-order valence-electron chi connectivity index (χ1n) is 5.66. The maximum atomic E-state index is 3.39. The van der Waals surface area contributed by atoms with Crippen molar-refractivity contribution in [1.29, 1.82) is 0 Å². The van der Waals surface area contributed by atoms with E-state index < -0.39 is 0 Å². The predicted molar refractivity (Wildman–Crippen MR) is 71.9 cm³/mol. The summed E-state index contributed by atoms with van der Waals surface area (Å²) in [6.07, 6.45) is 0. The van der Waals surface area contributed by atoms with Crippen molar-refractivity contribution < 1.29 is 0 Å².